The molecule has 0 aliphatic carbocycles. The third-order valence-electron chi connectivity index (χ3n) is 6.05. The average Bonchev–Trinajstić information content (AvgIpc) is 3.13. The van der Waals surface area contributed by atoms with Crippen LogP contribution in [-0.2, 0) is 18.3 Å². The first kappa shape index (κ1) is 26.5. The van der Waals surface area contributed by atoms with Crippen LogP contribution < -0.4 is 10.6 Å². The lowest BCUT2D eigenvalue weighted by Gasteiger charge is -2.27. The van der Waals surface area contributed by atoms with Crippen molar-refractivity contribution in [3.05, 3.63) is 47.5 Å². The summed E-state index contributed by atoms with van der Waals surface area (Å²) >= 11 is 0. The zero-order valence-corrected chi connectivity index (χ0v) is 22.1. The summed E-state index contributed by atoms with van der Waals surface area (Å²) in [5.74, 6) is 2.93. The number of aliphatic imine (C=N–C) groups is 1. The van der Waals surface area contributed by atoms with Crippen molar-refractivity contribution in [1.29, 1.82) is 0 Å². The molecule has 1 fully saturated rings. The number of aromatic nitrogens is 3. The molecule has 2 aromatic rings. The summed E-state index contributed by atoms with van der Waals surface area (Å²) in [6.45, 7) is 12.6. The van der Waals surface area contributed by atoms with Gasteiger partial charge in [-0.1, -0.05) is 37.3 Å². The van der Waals surface area contributed by atoms with Crippen LogP contribution in [0, 0.1) is 6.92 Å². The Balaban J connectivity index is 0.00000363. The molecule has 1 aromatic carbocycles. The summed E-state index contributed by atoms with van der Waals surface area (Å²) in [5, 5.41) is 15.5. The molecule has 1 saturated heterocycles. The largest absolute Gasteiger partial charge is 0.379 e. The van der Waals surface area contributed by atoms with E-state index in [9.17, 15) is 0 Å². The van der Waals surface area contributed by atoms with Gasteiger partial charge < -0.3 is 19.9 Å². The van der Waals surface area contributed by atoms with Crippen LogP contribution in [0.5, 0.6) is 0 Å². The summed E-state index contributed by atoms with van der Waals surface area (Å²) in [6.07, 6.45) is 1.06. The second-order valence-corrected chi connectivity index (χ2v) is 8.25. The molecule has 9 heteroatoms. The van der Waals surface area contributed by atoms with Crippen molar-refractivity contribution in [1.82, 2.24) is 30.3 Å². The van der Waals surface area contributed by atoms with Crippen LogP contribution in [0.1, 0.15) is 43.4 Å². The maximum absolute atomic E-state index is 5.43. The minimum Gasteiger partial charge on any atom is -0.379 e. The molecule has 0 spiro atoms. The highest BCUT2D eigenvalue weighted by molar-refractivity contribution is 14.0. The molecule has 0 radical (unpaired) electrons. The van der Waals surface area contributed by atoms with Crippen LogP contribution in [0.15, 0.2) is 35.3 Å². The number of morpholine rings is 1. The highest BCUT2D eigenvalue weighted by Crippen LogP contribution is 2.18. The lowest BCUT2D eigenvalue weighted by atomic mass is 9.94. The quantitative estimate of drug-likeness (QED) is 0.215. The minimum absolute atomic E-state index is 0. The summed E-state index contributed by atoms with van der Waals surface area (Å²) in [6, 6.07) is 10.8. The highest BCUT2D eigenvalue weighted by atomic mass is 127. The molecule has 0 saturated carbocycles. The van der Waals surface area contributed by atoms with E-state index in [-0.39, 0.29) is 30.0 Å². The smallest absolute Gasteiger partial charge is 0.191 e. The van der Waals surface area contributed by atoms with Crippen molar-refractivity contribution in [3.63, 3.8) is 0 Å². The maximum Gasteiger partial charge on any atom is 0.191 e. The van der Waals surface area contributed by atoms with E-state index in [0.717, 1.165) is 63.4 Å². The van der Waals surface area contributed by atoms with Crippen LogP contribution in [-0.4, -0.2) is 71.1 Å². The van der Waals surface area contributed by atoms with Crippen molar-refractivity contribution < 1.29 is 4.74 Å². The van der Waals surface area contributed by atoms with Gasteiger partial charge in [0.1, 0.15) is 12.4 Å². The fraction of sp³-hybridized carbons (Fsp3) is 0.609. The monoisotopic (exact) mass is 555 g/mol. The van der Waals surface area contributed by atoms with E-state index in [1.54, 1.807) is 0 Å². The first-order valence-electron chi connectivity index (χ1n) is 11.3. The summed E-state index contributed by atoms with van der Waals surface area (Å²) in [7, 11) is 1.98. The van der Waals surface area contributed by atoms with Gasteiger partial charge in [-0.15, -0.1) is 34.2 Å². The number of hydrogen-bond donors (Lipinski definition) is 2. The van der Waals surface area contributed by atoms with Gasteiger partial charge >= 0.3 is 0 Å². The number of aryl methyl sites for hydroxylation is 1. The maximum atomic E-state index is 5.43. The molecule has 32 heavy (non-hydrogen) atoms. The molecule has 178 valence electrons. The van der Waals surface area contributed by atoms with Crippen LogP contribution >= 0.6 is 24.0 Å². The fourth-order valence-corrected chi connectivity index (χ4v) is 3.61. The fourth-order valence-electron chi connectivity index (χ4n) is 3.61. The third kappa shape index (κ3) is 8.00. The molecule has 2 atom stereocenters. The second-order valence-electron chi connectivity index (χ2n) is 8.25. The Labute approximate surface area is 209 Å². The molecule has 0 bridgehead atoms. The van der Waals surface area contributed by atoms with E-state index in [0.29, 0.717) is 12.5 Å². The molecule has 1 aliphatic rings. The van der Waals surface area contributed by atoms with Gasteiger partial charge in [-0.25, -0.2) is 4.99 Å². The van der Waals surface area contributed by atoms with Gasteiger partial charge in [0.15, 0.2) is 11.8 Å². The normalized spacial score (nSPS) is 16.8. The van der Waals surface area contributed by atoms with Gasteiger partial charge in [0.05, 0.1) is 13.2 Å². The summed E-state index contributed by atoms with van der Waals surface area (Å²) in [4.78, 5) is 7.26. The van der Waals surface area contributed by atoms with E-state index in [1.165, 1.54) is 5.56 Å². The molecule has 8 nitrogen and oxygen atoms in total. The Morgan fingerprint density at radius 3 is 2.53 bits per heavy atom. The average molecular weight is 556 g/mol. The SMILES string of the molecule is Cc1nnc(CN=C(NCCCN2CCOCC2)NC(C)C(C)c2ccccc2)n1C.I. The van der Waals surface area contributed by atoms with Crippen LogP contribution in [0.25, 0.3) is 0 Å². The van der Waals surface area contributed by atoms with Crippen molar-refractivity contribution >= 4 is 29.9 Å². The number of rotatable bonds is 9. The molecule has 1 aromatic heterocycles. The number of benzene rings is 1. The lowest BCUT2D eigenvalue weighted by Crippen LogP contribution is -2.45. The van der Waals surface area contributed by atoms with Gasteiger partial charge in [0.2, 0.25) is 0 Å². The number of nitrogens with one attached hydrogen (secondary N) is 2. The van der Waals surface area contributed by atoms with Crippen LogP contribution in [0.4, 0.5) is 0 Å². The molecule has 3 rings (SSSR count). The highest BCUT2D eigenvalue weighted by Gasteiger charge is 2.16. The minimum atomic E-state index is 0. The van der Waals surface area contributed by atoms with Crippen molar-refractivity contribution in [2.45, 2.75) is 45.7 Å². The zero-order chi connectivity index (χ0) is 22.1. The molecule has 0 amide bonds. The molecular formula is C23H38IN7O. The van der Waals surface area contributed by atoms with E-state index in [4.69, 9.17) is 9.73 Å². The number of nitrogens with zero attached hydrogens (tertiary/aromatic N) is 5. The van der Waals surface area contributed by atoms with Gasteiger partial charge in [-0.05, 0) is 32.4 Å². The standard InChI is InChI=1S/C23H37N7O.HI/c1-18(21-9-6-5-7-10-21)19(2)26-23(25-17-22-28-27-20(3)29(22)4)24-11-8-12-30-13-15-31-16-14-30;/h5-7,9-10,18-19H,8,11-17H2,1-4H3,(H2,24,25,26);1H. The Hall–Kier alpha value is -1.72. The second kappa shape index (κ2) is 13.7. The predicted octanol–water partition coefficient (Wildman–Crippen LogP) is 2.69. The molecular weight excluding hydrogens is 517 g/mol. The van der Waals surface area contributed by atoms with Gasteiger partial charge in [-0.3, -0.25) is 4.90 Å². The summed E-state index contributed by atoms with van der Waals surface area (Å²) < 4.78 is 7.41. The van der Waals surface area contributed by atoms with Crippen molar-refractivity contribution in [2.75, 3.05) is 39.4 Å². The van der Waals surface area contributed by atoms with Gasteiger partial charge in [-0.2, -0.15) is 0 Å². The molecule has 2 N–H and O–H groups in total. The Bertz CT molecular complexity index is 821. The summed E-state index contributed by atoms with van der Waals surface area (Å²) in [5.41, 5.74) is 1.32. The number of ether oxygens (including phenoxy) is 1. The van der Waals surface area contributed by atoms with Crippen molar-refractivity contribution in [2.24, 2.45) is 12.0 Å². The van der Waals surface area contributed by atoms with Crippen LogP contribution in [0.2, 0.25) is 0 Å². The third-order valence-corrected chi connectivity index (χ3v) is 6.05. The zero-order valence-electron chi connectivity index (χ0n) is 19.8. The Morgan fingerprint density at radius 1 is 1.16 bits per heavy atom. The Kier molecular flexibility index (Phi) is 11.4. The molecule has 2 unspecified atom stereocenters. The van der Waals surface area contributed by atoms with E-state index in [1.807, 2.05) is 18.5 Å². The first-order chi connectivity index (χ1) is 15.0. The number of guanidine groups is 1. The van der Waals surface area contributed by atoms with E-state index < -0.39 is 0 Å². The first-order valence-corrected chi connectivity index (χ1v) is 11.3. The molecule has 2 heterocycles. The van der Waals surface area contributed by atoms with Crippen LogP contribution in [0.3, 0.4) is 0 Å². The lowest BCUT2D eigenvalue weighted by molar-refractivity contribution is 0.0376. The Morgan fingerprint density at radius 2 is 1.88 bits per heavy atom. The van der Waals surface area contributed by atoms with Crippen molar-refractivity contribution in [3.8, 4) is 0 Å². The van der Waals surface area contributed by atoms with E-state index in [2.05, 4.69) is 69.9 Å². The number of halogens is 1. The predicted molar refractivity (Wildman–Crippen MR) is 140 cm³/mol. The molecule has 1 aliphatic heterocycles. The van der Waals surface area contributed by atoms with Gasteiger partial charge in [0.25, 0.3) is 0 Å². The number of hydrogen-bond acceptors (Lipinski definition) is 5. The topological polar surface area (TPSA) is 79.6 Å². The van der Waals surface area contributed by atoms with Gasteiger partial charge in [0, 0.05) is 38.6 Å². The van der Waals surface area contributed by atoms with E-state index >= 15 is 0 Å².